The molecule has 1 heterocycles. The van der Waals surface area contributed by atoms with Gasteiger partial charge >= 0.3 is 0 Å². The number of primary amides is 1. The maximum absolute atomic E-state index is 11.0. The van der Waals surface area contributed by atoms with Crippen LogP contribution in [0.2, 0.25) is 0 Å². The van der Waals surface area contributed by atoms with Crippen LogP contribution in [0.5, 0.6) is 0 Å². The highest BCUT2D eigenvalue weighted by Gasteiger charge is 2.27. The first-order valence-corrected chi connectivity index (χ1v) is 4.83. The summed E-state index contributed by atoms with van der Waals surface area (Å²) in [5.74, 6) is 0.0458. The second-order valence-corrected chi connectivity index (χ2v) is 3.89. The third-order valence-electron chi connectivity index (χ3n) is 2.95. The minimum absolute atomic E-state index is 0.117. The van der Waals surface area contributed by atoms with Crippen LogP contribution in [0.25, 0.3) is 0 Å². The zero-order chi connectivity index (χ0) is 9.84. The highest BCUT2D eigenvalue weighted by molar-refractivity contribution is 5.77. The summed E-state index contributed by atoms with van der Waals surface area (Å²) in [5.41, 5.74) is 10.8. The number of piperidine rings is 1. The van der Waals surface area contributed by atoms with Crippen LogP contribution in [-0.4, -0.2) is 37.5 Å². The second-order valence-electron chi connectivity index (χ2n) is 3.89. The zero-order valence-corrected chi connectivity index (χ0v) is 8.20. The molecule has 76 valence electrons. The number of carbonyl (C=O) groups is 1. The van der Waals surface area contributed by atoms with Crippen LogP contribution >= 0.6 is 0 Å². The summed E-state index contributed by atoms with van der Waals surface area (Å²) >= 11 is 0. The van der Waals surface area contributed by atoms with E-state index in [9.17, 15) is 4.79 Å². The number of hydrogen-bond donors (Lipinski definition) is 2. The number of likely N-dealkylation sites (tertiary alicyclic amines) is 1. The van der Waals surface area contributed by atoms with Crippen molar-refractivity contribution in [2.24, 2.45) is 23.3 Å². The van der Waals surface area contributed by atoms with E-state index in [1.807, 2.05) is 0 Å². The van der Waals surface area contributed by atoms with Crippen molar-refractivity contribution in [1.82, 2.24) is 4.90 Å². The van der Waals surface area contributed by atoms with Gasteiger partial charge < -0.3 is 16.4 Å². The van der Waals surface area contributed by atoms with Crippen LogP contribution in [0.3, 0.4) is 0 Å². The quantitative estimate of drug-likeness (QED) is 0.616. The van der Waals surface area contributed by atoms with E-state index in [-0.39, 0.29) is 11.8 Å². The van der Waals surface area contributed by atoms with Gasteiger partial charge in [-0.3, -0.25) is 4.79 Å². The topological polar surface area (TPSA) is 72.3 Å². The SMILES string of the molecule is CN1CCC(C(CN)C(N)=O)CC1. The van der Waals surface area contributed by atoms with Crippen molar-refractivity contribution in [2.75, 3.05) is 26.7 Å². The Morgan fingerprint density at radius 3 is 2.46 bits per heavy atom. The standard InChI is InChI=1S/C9H19N3O/c1-12-4-2-7(3-5-12)8(6-10)9(11)13/h7-8H,2-6,10H2,1H3,(H2,11,13). The highest BCUT2D eigenvalue weighted by atomic mass is 16.1. The van der Waals surface area contributed by atoms with Crippen molar-refractivity contribution in [3.05, 3.63) is 0 Å². The monoisotopic (exact) mass is 185 g/mol. The first kappa shape index (κ1) is 10.5. The van der Waals surface area contributed by atoms with Crippen molar-refractivity contribution < 1.29 is 4.79 Å². The maximum atomic E-state index is 11.0. The van der Waals surface area contributed by atoms with Gasteiger partial charge in [0.25, 0.3) is 0 Å². The molecule has 4 N–H and O–H groups in total. The molecule has 1 rings (SSSR count). The van der Waals surface area contributed by atoms with E-state index in [4.69, 9.17) is 11.5 Å². The van der Waals surface area contributed by atoms with Crippen molar-refractivity contribution in [2.45, 2.75) is 12.8 Å². The van der Waals surface area contributed by atoms with Crippen LogP contribution in [0.1, 0.15) is 12.8 Å². The lowest BCUT2D eigenvalue weighted by molar-refractivity contribution is -0.123. The molecule has 4 nitrogen and oxygen atoms in total. The molecule has 0 aromatic rings. The van der Waals surface area contributed by atoms with E-state index < -0.39 is 0 Å². The smallest absolute Gasteiger partial charge is 0.222 e. The molecular weight excluding hydrogens is 166 g/mol. The normalized spacial score (nSPS) is 22.9. The molecule has 1 saturated heterocycles. The summed E-state index contributed by atoms with van der Waals surface area (Å²) < 4.78 is 0. The van der Waals surface area contributed by atoms with Crippen LogP contribution < -0.4 is 11.5 Å². The van der Waals surface area contributed by atoms with Crippen molar-refractivity contribution in [1.29, 1.82) is 0 Å². The fraction of sp³-hybridized carbons (Fsp3) is 0.889. The Labute approximate surface area is 79.3 Å². The van der Waals surface area contributed by atoms with Crippen LogP contribution in [0, 0.1) is 11.8 Å². The highest BCUT2D eigenvalue weighted by Crippen LogP contribution is 2.23. The number of nitrogens with zero attached hydrogens (tertiary/aromatic N) is 1. The van der Waals surface area contributed by atoms with Gasteiger partial charge in [0.1, 0.15) is 0 Å². The number of rotatable bonds is 3. The van der Waals surface area contributed by atoms with Crippen LogP contribution in [-0.2, 0) is 4.79 Å². The summed E-state index contributed by atoms with van der Waals surface area (Å²) in [6.45, 7) is 2.49. The predicted octanol–water partition coefficient (Wildman–Crippen LogP) is -0.612. The lowest BCUT2D eigenvalue weighted by Gasteiger charge is -2.32. The Morgan fingerprint density at radius 2 is 2.08 bits per heavy atom. The molecule has 1 fully saturated rings. The average molecular weight is 185 g/mol. The zero-order valence-electron chi connectivity index (χ0n) is 8.20. The molecule has 1 unspecified atom stereocenters. The van der Waals surface area contributed by atoms with E-state index in [1.165, 1.54) is 0 Å². The van der Waals surface area contributed by atoms with Crippen molar-refractivity contribution >= 4 is 5.91 Å². The summed E-state index contributed by atoms with van der Waals surface area (Å²) in [6, 6.07) is 0. The molecule has 1 amide bonds. The molecule has 1 aliphatic rings. The van der Waals surface area contributed by atoms with E-state index in [0.717, 1.165) is 25.9 Å². The van der Waals surface area contributed by atoms with Gasteiger partial charge in [-0.1, -0.05) is 0 Å². The minimum Gasteiger partial charge on any atom is -0.369 e. The fourth-order valence-corrected chi connectivity index (χ4v) is 1.97. The van der Waals surface area contributed by atoms with E-state index >= 15 is 0 Å². The van der Waals surface area contributed by atoms with Gasteiger partial charge in [0.2, 0.25) is 5.91 Å². The largest absolute Gasteiger partial charge is 0.369 e. The van der Waals surface area contributed by atoms with Gasteiger partial charge in [0, 0.05) is 6.54 Å². The summed E-state index contributed by atoms with van der Waals surface area (Å²) in [6.07, 6.45) is 2.09. The third kappa shape index (κ3) is 2.67. The van der Waals surface area contributed by atoms with E-state index in [1.54, 1.807) is 0 Å². The number of carbonyl (C=O) groups excluding carboxylic acids is 1. The molecule has 0 radical (unpaired) electrons. The number of amides is 1. The molecule has 1 atom stereocenters. The third-order valence-corrected chi connectivity index (χ3v) is 2.95. The van der Waals surface area contributed by atoms with Gasteiger partial charge in [-0.2, -0.15) is 0 Å². The maximum Gasteiger partial charge on any atom is 0.222 e. The summed E-state index contributed by atoms with van der Waals surface area (Å²) in [7, 11) is 2.10. The van der Waals surface area contributed by atoms with Gasteiger partial charge in [-0.15, -0.1) is 0 Å². The molecule has 0 saturated carbocycles. The molecule has 0 aromatic heterocycles. The lowest BCUT2D eigenvalue weighted by Crippen LogP contribution is -2.41. The van der Waals surface area contributed by atoms with E-state index in [0.29, 0.717) is 12.5 Å². The fourth-order valence-electron chi connectivity index (χ4n) is 1.97. The molecule has 13 heavy (non-hydrogen) atoms. The van der Waals surface area contributed by atoms with Gasteiger partial charge in [0.15, 0.2) is 0 Å². The molecular formula is C9H19N3O. The predicted molar refractivity (Wildman–Crippen MR) is 52.0 cm³/mol. The number of hydrogen-bond acceptors (Lipinski definition) is 3. The Hall–Kier alpha value is -0.610. The number of nitrogens with two attached hydrogens (primary N) is 2. The summed E-state index contributed by atoms with van der Waals surface area (Å²) in [5, 5.41) is 0. The summed E-state index contributed by atoms with van der Waals surface area (Å²) in [4.78, 5) is 13.3. The average Bonchev–Trinajstić information content (AvgIpc) is 2.09. The molecule has 0 bridgehead atoms. The Bertz CT molecular complexity index is 176. The van der Waals surface area contributed by atoms with Gasteiger partial charge in [0.05, 0.1) is 5.92 Å². The van der Waals surface area contributed by atoms with E-state index in [2.05, 4.69) is 11.9 Å². The minimum atomic E-state index is -0.239. The van der Waals surface area contributed by atoms with Gasteiger partial charge in [-0.05, 0) is 38.9 Å². The molecule has 1 aliphatic heterocycles. The molecule has 0 aliphatic carbocycles. The van der Waals surface area contributed by atoms with Crippen LogP contribution in [0.15, 0.2) is 0 Å². The molecule has 4 heteroatoms. The molecule has 0 spiro atoms. The first-order valence-electron chi connectivity index (χ1n) is 4.83. The Kier molecular flexibility index (Phi) is 3.69. The molecule has 0 aromatic carbocycles. The Morgan fingerprint density at radius 1 is 1.54 bits per heavy atom. The lowest BCUT2D eigenvalue weighted by atomic mass is 9.84. The van der Waals surface area contributed by atoms with Gasteiger partial charge in [-0.25, -0.2) is 0 Å². The Balaban J connectivity index is 2.46. The van der Waals surface area contributed by atoms with Crippen molar-refractivity contribution in [3.8, 4) is 0 Å². The first-order chi connectivity index (χ1) is 6.15. The van der Waals surface area contributed by atoms with Crippen molar-refractivity contribution in [3.63, 3.8) is 0 Å². The second kappa shape index (κ2) is 4.58. The van der Waals surface area contributed by atoms with Crippen LogP contribution in [0.4, 0.5) is 0 Å².